The van der Waals surface area contributed by atoms with Crippen LogP contribution in [0, 0.1) is 5.82 Å². The number of hydrogen-bond donors (Lipinski definition) is 2. The maximum atomic E-state index is 14.7. The third-order valence-corrected chi connectivity index (χ3v) is 6.24. The molecular formula is C22H21ClFN3O4. The standard InChI is InChI=1S/C22H21ClFN3O4/c1-21(9-22(2,29)10-21)19-12(8-25-26-19)18-16(20(28)30-11-6-7-11)17(27-31-18)15-13(23)4-3-5-14(15)24/h3-5,8,11,29H,6-7,9-10H2,1-2H3,(H,25,26). The van der Waals surface area contributed by atoms with E-state index in [9.17, 15) is 14.3 Å². The van der Waals surface area contributed by atoms with E-state index in [1.807, 2.05) is 6.92 Å². The van der Waals surface area contributed by atoms with E-state index in [0.29, 0.717) is 24.1 Å². The van der Waals surface area contributed by atoms with Gasteiger partial charge in [-0.25, -0.2) is 9.18 Å². The number of H-pyrrole nitrogens is 1. The maximum Gasteiger partial charge on any atom is 0.344 e. The van der Waals surface area contributed by atoms with E-state index in [4.69, 9.17) is 20.9 Å². The summed E-state index contributed by atoms with van der Waals surface area (Å²) in [6.45, 7) is 3.77. The number of nitrogens with zero attached hydrogens (tertiary/aromatic N) is 2. The Morgan fingerprint density at radius 1 is 1.35 bits per heavy atom. The Kier molecular flexibility index (Phi) is 4.50. The number of hydrogen-bond acceptors (Lipinski definition) is 6. The summed E-state index contributed by atoms with van der Waals surface area (Å²) in [5, 5.41) is 21.5. The largest absolute Gasteiger partial charge is 0.459 e. The molecule has 1 aromatic carbocycles. The minimum Gasteiger partial charge on any atom is -0.459 e. The number of ether oxygens (including phenoxy) is 1. The predicted octanol–water partition coefficient (Wildman–Crippen LogP) is 4.65. The van der Waals surface area contributed by atoms with Crippen LogP contribution >= 0.6 is 11.6 Å². The molecule has 0 radical (unpaired) electrons. The van der Waals surface area contributed by atoms with Crippen LogP contribution in [0.1, 0.15) is 55.6 Å². The van der Waals surface area contributed by atoms with Gasteiger partial charge >= 0.3 is 5.97 Å². The lowest BCUT2D eigenvalue weighted by molar-refractivity contribution is -0.0703. The van der Waals surface area contributed by atoms with Crippen molar-refractivity contribution in [1.82, 2.24) is 15.4 Å². The summed E-state index contributed by atoms with van der Waals surface area (Å²) in [4.78, 5) is 13.1. The summed E-state index contributed by atoms with van der Waals surface area (Å²) in [5.74, 6) is -1.13. The highest BCUT2D eigenvalue weighted by atomic mass is 35.5. The van der Waals surface area contributed by atoms with Crippen LogP contribution in [0.15, 0.2) is 28.9 Å². The van der Waals surface area contributed by atoms with Gasteiger partial charge in [-0.05, 0) is 44.7 Å². The van der Waals surface area contributed by atoms with Gasteiger partial charge in [-0.2, -0.15) is 5.10 Å². The van der Waals surface area contributed by atoms with Gasteiger partial charge in [0.15, 0.2) is 5.76 Å². The molecule has 2 saturated carbocycles. The normalized spacial score (nSPS) is 25.3. The molecule has 0 aliphatic heterocycles. The highest BCUT2D eigenvalue weighted by molar-refractivity contribution is 6.33. The van der Waals surface area contributed by atoms with Crippen LogP contribution in [-0.4, -0.2) is 38.1 Å². The van der Waals surface area contributed by atoms with Crippen LogP contribution in [-0.2, 0) is 10.2 Å². The van der Waals surface area contributed by atoms with Crippen LogP contribution in [0.2, 0.25) is 5.02 Å². The van der Waals surface area contributed by atoms with E-state index in [1.54, 1.807) is 6.92 Å². The van der Waals surface area contributed by atoms with E-state index >= 15 is 0 Å². The minimum absolute atomic E-state index is 0.0104. The van der Waals surface area contributed by atoms with E-state index in [0.717, 1.165) is 12.8 Å². The molecular weight excluding hydrogens is 425 g/mol. The van der Waals surface area contributed by atoms with Gasteiger partial charge in [0.1, 0.15) is 23.2 Å². The molecule has 0 saturated heterocycles. The number of rotatable bonds is 5. The van der Waals surface area contributed by atoms with Crippen LogP contribution in [0.4, 0.5) is 4.39 Å². The summed E-state index contributed by atoms with van der Waals surface area (Å²) in [6.07, 6.45) is 3.96. The minimum atomic E-state index is -0.780. The molecule has 5 rings (SSSR count). The number of aromatic amines is 1. The van der Waals surface area contributed by atoms with Gasteiger partial charge in [0, 0.05) is 5.41 Å². The van der Waals surface area contributed by atoms with Crippen molar-refractivity contribution in [3.63, 3.8) is 0 Å². The lowest BCUT2D eigenvalue weighted by Gasteiger charge is -2.49. The van der Waals surface area contributed by atoms with Crippen molar-refractivity contribution < 1.29 is 23.6 Å². The molecule has 2 aliphatic rings. The van der Waals surface area contributed by atoms with Crippen LogP contribution in [0.3, 0.4) is 0 Å². The fourth-order valence-electron chi connectivity index (χ4n) is 4.68. The second kappa shape index (κ2) is 6.90. The topological polar surface area (TPSA) is 101 Å². The van der Waals surface area contributed by atoms with Gasteiger partial charge in [-0.3, -0.25) is 5.10 Å². The van der Waals surface area contributed by atoms with Crippen molar-refractivity contribution in [2.24, 2.45) is 0 Å². The molecule has 0 unspecified atom stereocenters. The summed E-state index contributed by atoms with van der Waals surface area (Å²) < 4.78 is 25.8. The molecule has 9 heteroatoms. The van der Waals surface area contributed by atoms with Crippen molar-refractivity contribution in [2.45, 2.75) is 56.7 Å². The molecule has 162 valence electrons. The number of halogens is 2. The molecule has 0 spiro atoms. The first-order valence-electron chi connectivity index (χ1n) is 10.1. The zero-order valence-electron chi connectivity index (χ0n) is 17.0. The Morgan fingerprint density at radius 3 is 2.74 bits per heavy atom. The van der Waals surface area contributed by atoms with Crippen molar-refractivity contribution in [3.05, 3.63) is 46.5 Å². The fourth-order valence-corrected chi connectivity index (χ4v) is 4.93. The first kappa shape index (κ1) is 20.2. The second-order valence-corrected chi connectivity index (χ2v) is 9.41. The Balaban J connectivity index is 1.65. The van der Waals surface area contributed by atoms with Gasteiger partial charge in [-0.15, -0.1) is 0 Å². The number of benzene rings is 1. The maximum absolute atomic E-state index is 14.7. The number of aromatic nitrogens is 3. The Morgan fingerprint density at radius 2 is 2.10 bits per heavy atom. The molecule has 0 amide bonds. The molecule has 2 aromatic heterocycles. The highest BCUT2D eigenvalue weighted by Gasteiger charge is 2.51. The van der Waals surface area contributed by atoms with Crippen molar-refractivity contribution in [3.8, 4) is 22.6 Å². The Hall–Kier alpha value is -2.71. The zero-order chi connectivity index (χ0) is 22.0. The van der Waals surface area contributed by atoms with Gasteiger partial charge in [0.25, 0.3) is 0 Å². The summed E-state index contributed by atoms with van der Waals surface area (Å²) in [6, 6.07) is 4.24. The summed E-state index contributed by atoms with van der Waals surface area (Å²) in [7, 11) is 0. The molecule has 0 atom stereocenters. The van der Waals surface area contributed by atoms with E-state index < -0.39 is 22.8 Å². The molecule has 3 aromatic rings. The number of carbonyl (C=O) groups excluding carboxylic acids is 1. The van der Waals surface area contributed by atoms with E-state index in [2.05, 4.69) is 15.4 Å². The van der Waals surface area contributed by atoms with E-state index in [-0.39, 0.29) is 33.7 Å². The number of aliphatic hydroxyl groups is 1. The molecule has 7 nitrogen and oxygen atoms in total. The number of nitrogens with one attached hydrogen (secondary N) is 1. The van der Waals surface area contributed by atoms with Gasteiger partial charge in [-0.1, -0.05) is 29.7 Å². The first-order chi connectivity index (χ1) is 14.7. The summed E-state index contributed by atoms with van der Waals surface area (Å²) >= 11 is 6.24. The molecule has 2 N–H and O–H groups in total. The smallest absolute Gasteiger partial charge is 0.344 e. The predicted molar refractivity (Wildman–Crippen MR) is 110 cm³/mol. The van der Waals surface area contributed by atoms with Gasteiger partial charge < -0.3 is 14.4 Å². The van der Waals surface area contributed by atoms with E-state index in [1.165, 1.54) is 24.4 Å². The molecule has 31 heavy (non-hydrogen) atoms. The van der Waals surface area contributed by atoms with Gasteiger partial charge in [0.05, 0.1) is 33.6 Å². The quantitative estimate of drug-likeness (QED) is 0.554. The first-order valence-corrected chi connectivity index (χ1v) is 10.5. The van der Waals surface area contributed by atoms with Crippen molar-refractivity contribution >= 4 is 17.6 Å². The highest BCUT2D eigenvalue weighted by Crippen LogP contribution is 2.52. The Bertz CT molecular complexity index is 1150. The van der Waals surface area contributed by atoms with Crippen LogP contribution in [0.5, 0.6) is 0 Å². The average Bonchev–Trinajstić information content (AvgIpc) is 3.16. The fraction of sp³-hybridized carbons (Fsp3) is 0.409. The molecule has 2 heterocycles. The lowest BCUT2D eigenvalue weighted by Crippen LogP contribution is -2.51. The van der Waals surface area contributed by atoms with Gasteiger partial charge in [0.2, 0.25) is 0 Å². The number of carbonyl (C=O) groups is 1. The molecule has 0 bridgehead atoms. The van der Waals surface area contributed by atoms with Crippen LogP contribution < -0.4 is 0 Å². The second-order valence-electron chi connectivity index (χ2n) is 9.01. The zero-order valence-corrected chi connectivity index (χ0v) is 17.8. The molecule has 2 fully saturated rings. The summed E-state index contributed by atoms with van der Waals surface area (Å²) in [5.41, 5.74) is 0.0321. The van der Waals surface area contributed by atoms with Crippen LogP contribution in [0.25, 0.3) is 22.6 Å². The third-order valence-electron chi connectivity index (χ3n) is 5.92. The Labute approximate surface area is 182 Å². The molecule has 2 aliphatic carbocycles. The SMILES string of the molecule is CC1(O)CC(C)(c2[nH]ncc2-c2onc(-c3c(F)cccc3Cl)c2C(=O)OC2CC2)C1. The lowest BCUT2D eigenvalue weighted by atomic mass is 9.59. The van der Waals surface area contributed by atoms with Crippen molar-refractivity contribution in [1.29, 1.82) is 0 Å². The average molecular weight is 446 g/mol. The third kappa shape index (κ3) is 3.43. The monoisotopic (exact) mass is 445 g/mol. The number of esters is 1. The van der Waals surface area contributed by atoms with Crippen molar-refractivity contribution in [2.75, 3.05) is 0 Å².